The zero-order valence-corrected chi connectivity index (χ0v) is 13.2. The van der Waals surface area contributed by atoms with E-state index in [9.17, 15) is 9.18 Å². The summed E-state index contributed by atoms with van der Waals surface area (Å²) in [7, 11) is 0. The highest BCUT2D eigenvalue weighted by molar-refractivity contribution is 5.94. The lowest BCUT2D eigenvalue weighted by Gasteiger charge is -2.28. The molecule has 1 heterocycles. The number of hydrogen-bond acceptors (Lipinski definition) is 2. The molecule has 1 N–H and O–H groups in total. The fraction of sp³-hybridized carbons (Fsp3) is 0.588. The van der Waals surface area contributed by atoms with Crippen molar-refractivity contribution >= 4 is 5.91 Å². The van der Waals surface area contributed by atoms with Gasteiger partial charge in [-0.05, 0) is 44.4 Å². The van der Waals surface area contributed by atoms with Gasteiger partial charge in [-0.25, -0.2) is 4.39 Å². The molecule has 1 fully saturated rings. The Morgan fingerprint density at radius 2 is 2.24 bits per heavy atom. The Morgan fingerprint density at radius 3 is 2.86 bits per heavy atom. The first-order valence-corrected chi connectivity index (χ1v) is 7.76. The molecule has 0 bridgehead atoms. The summed E-state index contributed by atoms with van der Waals surface area (Å²) in [5, 5.41) is 3.40. The van der Waals surface area contributed by atoms with Crippen LogP contribution >= 0.6 is 0 Å². The molecule has 116 valence electrons. The summed E-state index contributed by atoms with van der Waals surface area (Å²) in [4.78, 5) is 14.5. The SMILES string of the molecule is Cc1ccc(F)c(C(=O)N(CC(C)C)CC2CCCN2)c1. The number of carbonyl (C=O) groups excluding carboxylic acids is 1. The molecule has 0 saturated carbocycles. The van der Waals surface area contributed by atoms with Crippen molar-refractivity contribution in [3.63, 3.8) is 0 Å². The molecule has 1 aromatic rings. The molecule has 4 heteroatoms. The van der Waals surface area contributed by atoms with Crippen molar-refractivity contribution in [1.82, 2.24) is 10.2 Å². The number of aryl methyl sites for hydroxylation is 1. The van der Waals surface area contributed by atoms with E-state index in [4.69, 9.17) is 0 Å². The molecular weight excluding hydrogens is 267 g/mol. The minimum Gasteiger partial charge on any atom is -0.337 e. The number of nitrogens with zero attached hydrogens (tertiary/aromatic N) is 1. The topological polar surface area (TPSA) is 32.3 Å². The summed E-state index contributed by atoms with van der Waals surface area (Å²) < 4.78 is 14.0. The van der Waals surface area contributed by atoms with Crippen LogP contribution in [-0.4, -0.2) is 36.5 Å². The van der Waals surface area contributed by atoms with Crippen molar-refractivity contribution in [2.24, 2.45) is 5.92 Å². The Bertz CT molecular complexity index is 496. The number of halogens is 1. The highest BCUT2D eigenvalue weighted by Gasteiger charge is 2.24. The van der Waals surface area contributed by atoms with Crippen LogP contribution in [0.1, 0.15) is 42.6 Å². The molecule has 1 amide bonds. The quantitative estimate of drug-likeness (QED) is 0.905. The van der Waals surface area contributed by atoms with Gasteiger partial charge in [-0.2, -0.15) is 0 Å². The van der Waals surface area contributed by atoms with Crippen molar-refractivity contribution in [2.75, 3.05) is 19.6 Å². The lowest BCUT2D eigenvalue weighted by Crippen LogP contribution is -2.43. The molecule has 1 aromatic carbocycles. The van der Waals surface area contributed by atoms with Crippen LogP contribution in [0.3, 0.4) is 0 Å². The van der Waals surface area contributed by atoms with Crippen LogP contribution in [0, 0.1) is 18.7 Å². The minimum absolute atomic E-state index is 0.189. The predicted octanol–water partition coefficient (Wildman–Crippen LogP) is 2.98. The molecule has 3 nitrogen and oxygen atoms in total. The average molecular weight is 292 g/mol. The second-order valence-electron chi connectivity index (χ2n) is 6.38. The predicted molar refractivity (Wildman–Crippen MR) is 82.9 cm³/mol. The first-order valence-electron chi connectivity index (χ1n) is 7.76. The number of rotatable bonds is 5. The molecule has 0 spiro atoms. The maximum atomic E-state index is 14.0. The average Bonchev–Trinajstić information content (AvgIpc) is 2.92. The molecule has 1 aliphatic rings. The number of carbonyl (C=O) groups is 1. The molecule has 1 saturated heterocycles. The molecular formula is C17H25FN2O. The highest BCUT2D eigenvalue weighted by Crippen LogP contribution is 2.16. The summed E-state index contributed by atoms with van der Waals surface area (Å²) in [5.74, 6) is -0.263. The summed E-state index contributed by atoms with van der Waals surface area (Å²) >= 11 is 0. The Hall–Kier alpha value is -1.42. The van der Waals surface area contributed by atoms with E-state index in [-0.39, 0.29) is 11.5 Å². The second kappa shape index (κ2) is 7.03. The first-order chi connectivity index (χ1) is 9.97. The van der Waals surface area contributed by atoms with Gasteiger partial charge in [0.25, 0.3) is 5.91 Å². The highest BCUT2D eigenvalue weighted by atomic mass is 19.1. The molecule has 1 aliphatic heterocycles. The number of amides is 1. The smallest absolute Gasteiger partial charge is 0.256 e. The van der Waals surface area contributed by atoms with E-state index in [1.165, 1.54) is 6.07 Å². The molecule has 1 atom stereocenters. The Balaban J connectivity index is 2.17. The number of benzene rings is 1. The molecule has 2 rings (SSSR count). The largest absolute Gasteiger partial charge is 0.337 e. The maximum absolute atomic E-state index is 14.0. The van der Waals surface area contributed by atoms with Crippen molar-refractivity contribution in [2.45, 2.75) is 39.7 Å². The Labute approximate surface area is 126 Å². The van der Waals surface area contributed by atoms with E-state index in [0.717, 1.165) is 24.9 Å². The van der Waals surface area contributed by atoms with Gasteiger partial charge in [0, 0.05) is 19.1 Å². The molecule has 1 unspecified atom stereocenters. The van der Waals surface area contributed by atoms with Gasteiger partial charge in [0.2, 0.25) is 0 Å². The van der Waals surface area contributed by atoms with Crippen molar-refractivity contribution in [3.05, 3.63) is 35.1 Å². The van der Waals surface area contributed by atoms with Crippen LogP contribution in [0.25, 0.3) is 0 Å². The lowest BCUT2D eigenvalue weighted by molar-refractivity contribution is 0.0716. The zero-order chi connectivity index (χ0) is 15.4. The molecule has 0 aromatic heterocycles. The number of nitrogens with one attached hydrogen (secondary N) is 1. The summed E-state index contributed by atoms with van der Waals surface area (Å²) in [6.07, 6.45) is 2.23. The molecule has 21 heavy (non-hydrogen) atoms. The van der Waals surface area contributed by atoms with E-state index in [1.54, 1.807) is 17.0 Å². The third-order valence-electron chi connectivity index (χ3n) is 3.83. The van der Waals surface area contributed by atoms with Gasteiger partial charge in [0.15, 0.2) is 0 Å². The van der Waals surface area contributed by atoms with Crippen LogP contribution in [0.5, 0.6) is 0 Å². The van der Waals surface area contributed by atoms with Crippen LogP contribution in [0.4, 0.5) is 4.39 Å². The normalized spacial score (nSPS) is 18.2. The van der Waals surface area contributed by atoms with Crippen LogP contribution < -0.4 is 5.32 Å². The summed E-state index contributed by atoms with van der Waals surface area (Å²) in [6.45, 7) is 8.35. The van der Waals surface area contributed by atoms with Crippen molar-refractivity contribution in [3.8, 4) is 0 Å². The van der Waals surface area contributed by atoms with E-state index in [1.807, 2.05) is 6.92 Å². The van der Waals surface area contributed by atoms with Crippen LogP contribution in [-0.2, 0) is 0 Å². The van der Waals surface area contributed by atoms with E-state index < -0.39 is 5.82 Å². The third kappa shape index (κ3) is 4.27. The fourth-order valence-corrected chi connectivity index (χ4v) is 2.83. The Kier molecular flexibility index (Phi) is 5.34. The van der Waals surface area contributed by atoms with Gasteiger partial charge in [-0.15, -0.1) is 0 Å². The third-order valence-corrected chi connectivity index (χ3v) is 3.83. The van der Waals surface area contributed by atoms with Gasteiger partial charge in [0.05, 0.1) is 5.56 Å². The standard InChI is InChI=1S/C17H25FN2O/c1-12(2)10-20(11-14-5-4-8-19-14)17(21)15-9-13(3)6-7-16(15)18/h6-7,9,12,14,19H,4-5,8,10-11H2,1-3H3. The monoisotopic (exact) mass is 292 g/mol. The van der Waals surface area contributed by atoms with Crippen molar-refractivity contribution in [1.29, 1.82) is 0 Å². The molecule has 0 radical (unpaired) electrons. The maximum Gasteiger partial charge on any atom is 0.256 e. The van der Waals surface area contributed by atoms with Gasteiger partial charge in [-0.3, -0.25) is 4.79 Å². The lowest BCUT2D eigenvalue weighted by atomic mass is 10.1. The van der Waals surface area contributed by atoms with Gasteiger partial charge in [-0.1, -0.05) is 25.5 Å². The van der Waals surface area contributed by atoms with Crippen LogP contribution in [0.15, 0.2) is 18.2 Å². The van der Waals surface area contributed by atoms with Gasteiger partial charge >= 0.3 is 0 Å². The minimum atomic E-state index is -0.432. The van der Waals surface area contributed by atoms with E-state index in [0.29, 0.717) is 25.0 Å². The van der Waals surface area contributed by atoms with E-state index in [2.05, 4.69) is 19.2 Å². The van der Waals surface area contributed by atoms with Gasteiger partial charge in [0.1, 0.15) is 5.82 Å². The fourth-order valence-electron chi connectivity index (χ4n) is 2.83. The van der Waals surface area contributed by atoms with Gasteiger partial charge < -0.3 is 10.2 Å². The van der Waals surface area contributed by atoms with Crippen molar-refractivity contribution < 1.29 is 9.18 Å². The molecule has 0 aliphatic carbocycles. The Morgan fingerprint density at radius 1 is 1.48 bits per heavy atom. The van der Waals surface area contributed by atoms with Crippen LogP contribution in [0.2, 0.25) is 0 Å². The first kappa shape index (κ1) is 16.0. The van der Waals surface area contributed by atoms with E-state index >= 15 is 0 Å². The second-order valence-corrected chi connectivity index (χ2v) is 6.38. The summed E-state index contributed by atoms with van der Waals surface area (Å²) in [6, 6.07) is 5.05. The summed E-state index contributed by atoms with van der Waals surface area (Å²) in [5.41, 5.74) is 1.09. The number of hydrogen-bond donors (Lipinski definition) is 1. The zero-order valence-electron chi connectivity index (χ0n) is 13.2.